The Morgan fingerprint density at radius 3 is 2.20 bits per heavy atom. The molecule has 2 aliphatic rings. The highest BCUT2D eigenvalue weighted by Gasteiger charge is 2.50. The van der Waals surface area contributed by atoms with Crippen LogP contribution in [0.1, 0.15) is 66.1 Å². The van der Waals surface area contributed by atoms with E-state index < -0.39 is 65.2 Å². The van der Waals surface area contributed by atoms with Gasteiger partial charge in [-0.15, -0.1) is 0 Å². The first-order valence-corrected chi connectivity index (χ1v) is 13.8. The average Bonchev–Trinajstić information content (AvgIpc) is 3.32. The van der Waals surface area contributed by atoms with Crippen LogP contribution in [0.2, 0.25) is 0 Å². The SMILES string of the molecule is COC1=N[C@]2(CCN(C(=O)N(C)[C@H](C)c3cc(C(F)(F)F)cc(C(F)(F)F)c3)[C@@H](c3ccc(F)cc3C)C2)CC1C(O)OC. The van der Waals surface area contributed by atoms with Gasteiger partial charge in [-0.05, 0) is 80.1 Å². The maximum atomic E-state index is 14.1. The minimum Gasteiger partial charge on any atom is -0.484 e. The summed E-state index contributed by atoms with van der Waals surface area (Å²) in [6.07, 6.45) is -10.4. The summed E-state index contributed by atoms with van der Waals surface area (Å²) in [5, 5.41) is 10.4. The van der Waals surface area contributed by atoms with Gasteiger partial charge in [0.15, 0.2) is 12.2 Å². The molecule has 2 aliphatic heterocycles. The molecule has 2 heterocycles. The number of hydrogen-bond acceptors (Lipinski definition) is 5. The average molecular weight is 634 g/mol. The molecule has 242 valence electrons. The Labute approximate surface area is 250 Å². The minimum atomic E-state index is -5.04. The summed E-state index contributed by atoms with van der Waals surface area (Å²) in [5.74, 6) is -0.785. The van der Waals surface area contributed by atoms with E-state index in [1.54, 1.807) is 6.92 Å². The van der Waals surface area contributed by atoms with Gasteiger partial charge in [-0.3, -0.25) is 0 Å². The number of benzene rings is 2. The number of rotatable bonds is 5. The van der Waals surface area contributed by atoms with Gasteiger partial charge in [0.1, 0.15) is 5.82 Å². The third kappa shape index (κ3) is 6.65. The number of methoxy groups -OCH3 is 2. The fourth-order valence-electron chi connectivity index (χ4n) is 6.12. The third-order valence-electron chi connectivity index (χ3n) is 8.64. The highest BCUT2D eigenvalue weighted by molar-refractivity contribution is 5.82. The monoisotopic (exact) mass is 633 g/mol. The zero-order valence-electron chi connectivity index (χ0n) is 24.8. The fraction of sp³-hybridized carbons (Fsp3) is 0.533. The van der Waals surface area contributed by atoms with Crippen LogP contribution in [0.3, 0.4) is 0 Å². The van der Waals surface area contributed by atoms with Crippen molar-refractivity contribution >= 4 is 11.9 Å². The van der Waals surface area contributed by atoms with Gasteiger partial charge in [0, 0.05) is 20.7 Å². The van der Waals surface area contributed by atoms with E-state index >= 15 is 0 Å². The molecule has 2 unspecified atom stereocenters. The van der Waals surface area contributed by atoms with Gasteiger partial charge < -0.3 is 24.4 Å². The number of aryl methyl sites for hydroxylation is 1. The first-order chi connectivity index (χ1) is 20.4. The summed E-state index contributed by atoms with van der Waals surface area (Å²) >= 11 is 0. The molecule has 0 radical (unpaired) electrons. The van der Waals surface area contributed by atoms with Crippen molar-refractivity contribution in [3.05, 3.63) is 70.0 Å². The van der Waals surface area contributed by atoms with E-state index in [1.165, 1.54) is 51.3 Å². The van der Waals surface area contributed by atoms with Crippen molar-refractivity contribution in [2.45, 2.75) is 69.4 Å². The van der Waals surface area contributed by atoms with E-state index in [0.717, 1.165) is 4.90 Å². The second-order valence-electron chi connectivity index (χ2n) is 11.4. The highest BCUT2D eigenvalue weighted by Crippen LogP contribution is 2.48. The first-order valence-electron chi connectivity index (χ1n) is 13.8. The molecule has 14 heteroatoms. The summed E-state index contributed by atoms with van der Waals surface area (Å²) in [4.78, 5) is 21.3. The quantitative estimate of drug-likeness (QED) is 0.288. The Balaban J connectivity index is 1.70. The van der Waals surface area contributed by atoms with E-state index in [-0.39, 0.29) is 30.5 Å². The van der Waals surface area contributed by atoms with Gasteiger partial charge in [0.2, 0.25) is 0 Å². The number of aliphatic imine (C=N–C) groups is 1. The van der Waals surface area contributed by atoms with Gasteiger partial charge in [-0.1, -0.05) is 6.07 Å². The molecular weight excluding hydrogens is 599 g/mol. The lowest BCUT2D eigenvalue weighted by Crippen LogP contribution is -2.51. The molecule has 0 aromatic heterocycles. The standard InChI is InChI=1S/C30H34F7N3O4/c1-16-10-21(31)6-7-22(16)24-15-28(14-23(26(41)44-5)25(38-28)43-4)8-9-40(24)27(42)39(3)17(2)18-11-19(29(32,33)34)13-20(12-18)30(35,36)37/h6-7,10-13,17,23-24,26,41H,8-9,14-15H2,1-5H3/t17-,23?,24-,26?,28-/m1/s1. The Hall–Kier alpha value is -3.39. The summed E-state index contributed by atoms with van der Waals surface area (Å²) in [6, 6.07) is 2.83. The second-order valence-corrected chi connectivity index (χ2v) is 11.4. The number of aliphatic hydroxyl groups is 1. The second kappa shape index (κ2) is 12.2. The molecule has 2 aromatic rings. The maximum Gasteiger partial charge on any atom is 0.416 e. The molecule has 0 bridgehead atoms. The highest BCUT2D eigenvalue weighted by atomic mass is 19.4. The number of aliphatic hydroxyl groups excluding tert-OH is 1. The summed E-state index contributed by atoms with van der Waals surface area (Å²) in [6.45, 7) is 3.12. The zero-order chi connectivity index (χ0) is 32.8. The predicted octanol–water partition coefficient (Wildman–Crippen LogP) is 6.89. The van der Waals surface area contributed by atoms with E-state index in [0.29, 0.717) is 36.1 Å². The van der Waals surface area contributed by atoms with Gasteiger partial charge in [-0.25, -0.2) is 14.2 Å². The number of urea groups is 1. The molecule has 0 aliphatic carbocycles. The van der Waals surface area contributed by atoms with Crippen molar-refractivity contribution in [2.75, 3.05) is 27.8 Å². The molecule has 1 fully saturated rings. The molecule has 4 rings (SSSR count). The topological polar surface area (TPSA) is 74.6 Å². The first kappa shape index (κ1) is 33.5. The number of nitrogens with zero attached hydrogens (tertiary/aromatic N) is 3. The van der Waals surface area contributed by atoms with Gasteiger partial charge >= 0.3 is 18.4 Å². The predicted molar refractivity (Wildman–Crippen MR) is 146 cm³/mol. The van der Waals surface area contributed by atoms with Crippen molar-refractivity contribution in [2.24, 2.45) is 10.9 Å². The normalized spacial score (nSPS) is 23.8. The minimum absolute atomic E-state index is 0.0413. The largest absolute Gasteiger partial charge is 0.484 e. The van der Waals surface area contributed by atoms with E-state index in [4.69, 9.17) is 14.5 Å². The molecule has 7 nitrogen and oxygen atoms in total. The van der Waals surface area contributed by atoms with Crippen LogP contribution in [0, 0.1) is 18.7 Å². The zero-order valence-corrected chi connectivity index (χ0v) is 24.8. The summed E-state index contributed by atoms with van der Waals surface area (Å²) < 4.78 is 106. The lowest BCUT2D eigenvalue weighted by Gasteiger charge is -2.46. The van der Waals surface area contributed by atoms with Crippen LogP contribution in [-0.2, 0) is 21.8 Å². The number of amides is 2. The van der Waals surface area contributed by atoms with Crippen LogP contribution in [0.25, 0.3) is 0 Å². The Kier molecular flexibility index (Phi) is 9.28. The number of likely N-dealkylation sites (tertiary alicyclic amines) is 1. The van der Waals surface area contributed by atoms with Crippen LogP contribution in [-0.4, -0.2) is 66.5 Å². The molecule has 0 saturated carbocycles. The Morgan fingerprint density at radius 1 is 1.07 bits per heavy atom. The summed E-state index contributed by atoms with van der Waals surface area (Å²) in [7, 11) is 4.07. The van der Waals surface area contributed by atoms with Gasteiger partial charge in [0.25, 0.3) is 0 Å². The molecule has 2 amide bonds. The maximum absolute atomic E-state index is 14.1. The molecule has 44 heavy (non-hydrogen) atoms. The van der Waals surface area contributed by atoms with Crippen LogP contribution in [0.15, 0.2) is 41.4 Å². The van der Waals surface area contributed by atoms with Crippen LogP contribution in [0.4, 0.5) is 35.5 Å². The van der Waals surface area contributed by atoms with Crippen LogP contribution >= 0.6 is 0 Å². The lowest BCUT2D eigenvalue weighted by molar-refractivity contribution is -0.143. The Morgan fingerprint density at radius 2 is 1.68 bits per heavy atom. The molecule has 5 atom stereocenters. The number of carbonyl (C=O) groups excluding carboxylic acids is 1. The van der Waals surface area contributed by atoms with Crippen molar-refractivity contribution in [1.29, 1.82) is 0 Å². The van der Waals surface area contributed by atoms with Crippen LogP contribution in [0.5, 0.6) is 0 Å². The Bertz CT molecular complexity index is 1380. The smallest absolute Gasteiger partial charge is 0.416 e. The van der Waals surface area contributed by atoms with E-state index in [1.807, 2.05) is 0 Å². The molecule has 1 spiro atoms. The molecule has 1 saturated heterocycles. The van der Waals surface area contributed by atoms with E-state index in [2.05, 4.69) is 0 Å². The molecule has 2 aromatic carbocycles. The van der Waals surface area contributed by atoms with Gasteiger partial charge in [-0.2, -0.15) is 26.3 Å². The van der Waals surface area contributed by atoms with Crippen LogP contribution < -0.4 is 0 Å². The lowest BCUT2D eigenvalue weighted by atomic mass is 9.77. The molecular formula is C30H34F7N3O4. The number of carbonyl (C=O) groups is 1. The number of alkyl halides is 6. The number of halogens is 7. The van der Waals surface area contributed by atoms with Crippen molar-refractivity contribution in [3.63, 3.8) is 0 Å². The van der Waals surface area contributed by atoms with Crippen molar-refractivity contribution in [1.82, 2.24) is 9.80 Å². The van der Waals surface area contributed by atoms with Crippen molar-refractivity contribution < 1.29 is 50.1 Å². The number of piperidine rings is 1. The van der Waals surface area contributed by atoms with Crippen molar-refractivity contribution in [3.8, 4) is 0 Å². The number of hydrogen-bond donors (Lipinski definition) is 1. The number of ether oxygens (including phenoxy) is 2. The van der Waals surface area contributed by atoms with E-state index in [9.17, 15) is 40.6 Å². The fourth-order valence-corrected chi connectivity index (χ4v) is 6.12. The van der Waals surface area contributed by atoms with Gasteiger partial charge in [0.05, 0.1) is 41.8 Å². The molecule has 1 N–H and O–H groups in total. The summed E-state index contributed by atoms with van der Waals surface area (Å²) in [5.41, 5.74) is -2.94. The third-order valence-corrected chi connectivity index (χ3v) is 8.64.